The molecule has 0 unspecified atom stereocenters. The first kappa shape index (κ1) is 23.0. The molecule has 1 N–H and O–H groups in total. The number of ether oxygens (including phenoxy) is 1. The SMILES string of the molecule is O=C(COC(=O)CCN1C(=O)[C@@H]2[C@H]3C[C@@H]([C@H](Br)[C@H]3Br)[C@@H]2C1=O)Nc1ccc(Cl)cc1Cl. The summed E-state index contributed by atoms with van der Waals surface area (Å²) < 4.78 is 4.97. The van der Waals surface area contributed by atoms with Gasteiger partial charge in [0.05, 0.1) is 29.0 Å². The van der Waals surface area contributed by atoms with Crippen LogP contribution in [-0.4, -0.2) is 51.4 Å². The number of likely N-dealkylation sites (tertiary alicyclic amines) is 1. The van der Waals surface area contributed by atoms with E-state index in [0.717, 1.165) is 6.42 Å². The zero-order chi connectivity index (χ0) is 22.4. The largest absolute Gasteiger partial charge is 0.456 e. The number of halogens is 4. The normalized spacial score (nSPS) is 31.2. The lowest BCUT2D eigenvalue weighted by Gasteiger charge is -2.28. The van der Waals surface area contributed by atoms with Crippen molar-refractivity contribution in [3.05, 3.63) is 28.2 Å². The van der Waals surface area contributed by atoms with E-state index in [2.05, 4.69) is 37.2 Å². The molecule has 0 aromatic heterocycles. The minimum Gasteiger partial charge on any atom is -0.456 e. The number of rotatable bonds is 6. The maximum Gasteiger partial charge on any atom is 0.308 e. The number of carbonyl (C=O) groups is 4. The second-order valence-corrected chi connectivity index (χ2v) is 10.9. The lowest BCUT2D eigenvalue weighted by Crippen LogP contribution is -2.37. The lowest BCUT2D eigenvalue weighted by molar-refractivity contribution is -0.149. The molecule has 3 amide bonds. The summed E-state index contributed by atoms with van der Waals surface area (Å²) in [5.41, 5.74) is 0.344. The predicted octanol–water partition coefficient (Wildman–Crippen LogP) is 3.64. The Morgan fingerprint density at radius 2 is 1.71 bits per heavy atom. The molecule has 6 atom stereocenters. The molecule has 31 heavy (non-hydrogen) atoms. The Kier molecular flexibility index (Phi) is 6.68. The summed E-state index contributed by atoms with van der Waals surface area (Å²) in [7, 11) is 0. The Morgan fingerprint density at radius 3 is 2.29 bits per heavy atom. The van der Waals surface area contributed by atoms with Gasteiger partial charge < -0.3 is 10.1 Å². The van der Waals surface area contributed by atoms with E-state index in [1.165, 1.54) is 17.0 Å². The number of alkyl halides is 2. The third-order valence-corrected chi connectivity index (χ3v) is 9.94. The predicted molar refractivity (Wildman–Crippen MR) is 121 cm³/mol. The van der Waals surface area contributed by atoms with Gasteiger partial charge in [0.15, 0.2) is 6.61 Å². The van der Waals surface area contributed by atoms with Crippen LogP contribution in [0.2, 0.25) is 10.0 Å². The molecule has 11 heteroatoms. The molecule has 1 aromatic carbocycles. The molecular formula is C20H18Br2Cl2N2O5. The monoisotopic (exact) mass is 594 g/mol. The summed E-state index contributed by atoms with van der Waals surface area (Å²) in [4.78, 5) is 51.2. The van der Waals surface area contributed by atoms with Crippen molar-refractivity contribution >= 4 is 84.4 Å². The molecule has 2 aliphatic carbocycles. The van der Waals surface area contributed by atoms with Gasteiger partial charge in [-0.05, 0) is 36.5 Å². The number of amides is 3. The summed E-state index contributed by atoms with van der Waals surface area (Å²) in [5, 5.41) is 3.21. The number of anilines is 1. The van der Waals surface area contributed by atoms with E-state index in [1.54, 1.807) is 6.07 Å². The molecule has 1 heterocycles. The number of nitrogens with zero attached hydrogens (tertiary/aromatic N) is 1. The van der Waals surface area contributed by atoms with Crippen molar-refractivity contribution in [2.75, 3.05) is 18.5 Å². The average molecular weight is 597 g/mol. The lowest BCUT2D eigenvalue weighted by atomic mass is 9.81. The van der Waals surface area contributed by atoms with Gasteiger partial charge in [0.2, 0.25) is 11.8 Å². The zero-order valence-corrected chi connectivity index (χ0v) is 20.7. The second-order valence-electron chi connectivity index (χ2n) is 7.91. The number of imide groups is 1. The highest BCUT2D eigenvalue weighted by Gasteiger charge is 2.66. The van der Waals surface area contributed by atoms with Gasteiger partial charge in [0.1, 0.15) is 0 Å². The summed E-state index contributed by atoms with van der Waals surface area (Å²) in [5.74, 6) is -2.06. The Balaban J connectivity index is 1.26. The molecule has 1 saturated heterocycles. The van der Waals surface area contributed by atoms with Gasteiger partial charge in [-0.1, -0.05) is 55.1 Å². The van der Waals surface area contributed by atoms with Gasteiger partial charge in [-0.15, -0.1) is 0 Å². The van der Waals surface area contributed by atoms with Crippen molar-refractivity contribution in [1.82, 2.24) is 4.90 Å². The highest BCUT2D eigenvalue weighted by atomic mass is 79.9. The number of carbonyl (C=O) groups excluding carboxylic acids is 4. The summed E-state index contributed by atoms with van der Waals surface area (Å²) >= 11 is 19.1. The maximum atomic E-state index is 12.8. The fourth-order valence-electron chi connectivity index (χ4n) is 4.83. The quantitative estimate of drug-likeness (QED) is 0.308. The first-order valence-corrected chi connectivity index (χ1v) is 12.3. The minimum atomic E-state index is -0.672. The van der Waals surface area contributed by atoms with E-state index in [4.69, 9.17) is 27.9 Å². The van der Waals surface area contributed by atoms with Crippen molar-refractivity contribution in [3.63, 3.8) is 0 Å². The molecular weight excluding hydrogens is 579 g/mol. The molecule has 0 spiro atoms. The van der Waals surface area contributed by atoms with Gasteiger partial charge in [-0.25, -0.2) is 0 Å². The van der Waals surface area contributed by atoms with Crippen LogP contribution < -0.4 is 5.32 Å². The average Bonchev–Trinajstić information content (AvgIpc) is 3.32. The van der Waals surface area contributed by atoms with Crippen LogP contribution in [0.3, 0.4) is 0 Å². The van der Waals surface area contributed by atoms with Crippen LogP contribution in [0.15, 0.2) is 18.2 Å². The van der Waals surface area contributed by atoms with E-state index in [0.29, 0.717) is 10.7 Å². The highest BCUT2D eigenvalue weighted by molar-refractivity contribution is 9.12. The van der Waals surface area contributed by atoms with E-state index in [-0.39, 0.29) is 63.1 Å². The van der Waals surface area contributed by atoms with Crippen LogP contribution in [0.1, 0.15) is 12.8 Å². The molecule has 3 aliphatic rings. The first-order chi connectivity index (χ1) is 14.7. The number of benzene rings is 1. The Bertz CT molecular complexity index is 929. The number of hydrogen-bond acceptors (Lipinski definition) is 5. The van der Waals surface area contributed by atoms with Gasteiger partial charge in [0.25, 0.3) is 5.91 Å². The molecule has 4 rings (SSSR count). The summed E-state index contributed by atoms with van der Waals surface area (Å²) in [6, 6.07) is 4.58. The van der Waals surface area contributed by atoms with Gasteiger partial charge in [0, 0.05) is 21.2 Å². The molecule has 2 bridgehead atoms. The molecule has 1 aliphatic heterocycles. The van der Waals surface area contributed by atoms with E-state index in [9.17, 15) is 19.2 Å². The van der Waals surface area contributed by atoms with Crippen LogP contribution in [-0.2, 0) is 23.9 Å². The van der Waals surface area contributed by atoms with Crippen molar-refractivity contribution in [3.8, 4) is 0 Å². The Morgan fingerprint density at radius 1 is 1.10 bits per heavy atom. The van der Waals surface area contributed by atoms with Crippen LogP contribution in [0, 0.1) is 23.7 Å². The number of esters is 1. The van der Waals surface area contributed by atoms with Gasteiger partial charge in [-0.2, -0.15) is 0 Å². The van der Waals surface area contributed by atoms with Crippen molar-refractivity contribution in [1.29, 1.82) is 0 Å². The van der Waals surface area contributed by atoms with Crippen LogP contribution >= 0.6 is 55.1 Å². The summed E-state index contributed by atoms with van der Waals surface area (Å²) in [6.07, 6.45) is 0.679. The van der Waals surface area contributed by atoms with Crippen LogP contribution in [0.25, 0.3) is 0 Å². The second kappa shape index (κ2) is 9.00. The minimum absolute atomic E-state index is 0.0481. The Labute approximate surface area is 205 Å². The first-order valence-electron chi connectivity index (χ1n) is 9.73. The fourth-order valence-corrected chi connectivity index (χ4v) is 7.16. The van der Waals surface area contributed by atoms with Gasteiger partial charge >= 0.3 is 5.97 Å². The van der Waals surface area contributed by atoms with Gasteiger partial charge in [-0.3, -0.25) is 24.1 Å². The topological polar surface area (TPSA) is 92.8 Å². The number of fused-ring (bicyclic) bond motifs is 5. The number of hydrogen-bond donors (Lipinski definition) is 1. The highest BCUT2D eigenvalue weighted by Crippen LogP contribution is 2.60. The third kappa shape index (κ3) is 4.26. The maximum absolute atomic E-state index is 12.8. The fraction of sp³-hybridized carbons (Fsp3) is 0.500. The smallest absolute Gasteiger partial charge is 0.308 e. The van der Waals surface area contributed by atoms with E-state index < -0.39 is 18.5 Å². The number of nitrogens with one attached hydrogen (secondary N) is 1. The molecule has 166 valence electrons. The third-order valence-electron chi connectivity index (χ3n) is 6.19. The van der Waals surface area contributed by atoms with Crippen LogP contribution in [0.5, 0.6) is 0 Å². The summed E-state index contributed by atoms with van der Waals surface area (Å²) in [6.45, 7) is -0.556. The van der Waals surface area contributed by atoms with Crippen LogP contribution in [0.4, 0.5) is 5.69 Å². The van der Waals surface area contributed by atoms with Crippen molar-refractivity contribution < 1.29 is 23.9 Å². The molecule has 2 saturated carbocycles. The molecule has 0 radical (unpaired) electrons. The van der Waals surface area contributed by atoms with Crippen molar-refractivity contribution in [2.24, 2.45) is 23.7 Å². The van der Waals surface area contributed by atoms with Crippen molar-refractivity contribution in [2.45, 2.75) is 22.5 Å². The van der Waals surface area contributed by atoms with E-state index >= 15 is 0 Å². The zero-order valence-electron chi connectivity index (χ0n) is 16.0. The molecule has 1 aromatic rings. The standard InChI is InChI=1S/C20H18Br2Cl2N2O5/c21-17-9-6-10(18(17)22)16-15(9)19(29)26(20(16)30)4-3-14(28)31-7-13(27)25-12-2-1-8(23)5-11(12)24/h1-2,5,9-10,15-18H,3-4,6-7H2,(H,25,27)/t9-,10-,15-,16+,17+,18+/m1/s1. The molecule has 3 fully saturated rings. The Hall–Kier alpha value is -1.16. The van der Waals surface area contributed by atoms with E-state index in [1.807, 2.05) is 0 Å². The molecule has 7 nitrogen and oxygen atoms in total.